The van der Waals surface area contributed by atoms with Crippen LogP contribution in [0.4, 0.5) is 5.82 Å². The zero-order chi connectivity index (χ0) is 20.5. The molecule has 4 heterocycles. The second kappa shape index (κ2) is 6.13. The molecule has 0 spiro atoms. The smallest absolute Gasteiger partial charge is 0.276 e. The summed E-state index contributed by atoms with van der Waals surface area (Å²) < 4.78 is 20.4. The van der Waals surface area contributed by atoms with E-state index < -0.39 is 23.9 Å². The number of aliphatic hydroxyl groups is 1. The number of carbonyl (C=O) groups is 1. The maximum atomic E-state index is 12.2. The summed E-state index contributed by atoms with van der Waals surface area (Å²) in [5, 5.41) is 15.8. The molecule has 0 bridgehead atoms. The molecule has 2 aromatic rings. The molecule has 2 fully saturated rings. The van der Waals surface area contributed by atoms with E-state index in [1.54, 1.807) is 4.57 Å². The summed E-state index contributed by atoms with van der Waals surface area (Å²) in [5.41, 5.74) is 6.17. The first-order valence-corrected chi connectivity index (χ1v) is 9.80. The minimum absolute atomic E-state index is 0.217. The first-order chi connectivity index (χ1) is 14.6. The summed E-state index contributed by atoms with van der Waals surface area (Å²) >= 11 is 0. The molecule has 1 amide bonds. The zero-order valence-corrected chi connectivity index (χ0v) is 15.9. The van der Waals surface area contributed by atoms with Crippen molar-refractivity contribution in [3.05, 3.63) is 60.1 Å². The molecule has 1 aromatic heterocycles. The van der Waals surface area contributed by atoms with E-state index in [0.29, 0.717) is 12.4 Å². The molecule has 0 radical (unpaired) electrons. The number of nitrogens with zero attached hydrogens (tertiary/aromatic N) is 2. The lowest BCUT2D eigenvalue weighted by Gasteiger charge is -2.50. The average molecular weight is 411 g/mol. The highest BCUT2D eigenvalue weighted by Crippen LogP contribution is 2.62. The Bertz CT molecular complexity index is 1040. The number of rotatable bonds is 5. The largest absolute Gasteiger partial charge is 0.393 e. The van der Waals surface area contributed by atoms with Crippen LogP contribution in [0.25, 0.3) is 0 Å². The fourth-order valence-electron chi connectivity index (χ4n) is 4.86. The van der Waals surface area contributed by atoms with Gasteiger partial charge in [0.1, 0.15) is 17.5 Å². The van der Waals surface area contributed by atoms with Crippen molar-refractivity contribution in [2.75, 3.05) is 11.9 Å². The molecule has 1 aliphatic carbocycles. The Morgan fingerprint density at radius 2 is 2.07 bits per heavy atom. The van der Waals surface area contributed by atoms with E-state index in [1.807, 2.05) is 42.5 Å². The van der Waals surface area contributed by atoms with Crippen molar-refractivity contribution >= 4 is 11.7 Å². The minimum Gasteiger partial charge on any atom is -0.393 e. The molecule has 10 nitrogen and oxygen atoms in total. The van der Waals surface area contributed by atoms with Crippen LogP contribution in [0, 0.1) is 5.92 Å². The molecule has 6 rings (SSSR count). The highest BCUT2D eigenvalue weighted by Gasteiger charge is 2.75. The number of nitrogens with two attached hydrogens (primary N) is 1. The second-order valence-electron chi connectivity index (χ2n) is 7.96. The Morgan fingerprint density at radius 3 is 2.87 bits per heavy atom. The second-order valence-corrected chi connectivity index (χ2v) is 7.96. The van der Waals surface area contributed by atoms with Gasteiger partial charge in [0.05, 0.1) is 25.5 Å². The fourth-order valence-corrected chi connectivity index (χ4v) is 4.86. The van der Waals surface area contributed by atoms with E-state index in [-0.39, 0.29) is 30.2 Å². The minimum atomic E-state index is -0.958. The first kappa shape index (κ1) is 18.0. The molecule has 1 aromatic carbocycles. The number of carbonyl (C=O) groups excluding carboxylic acids is 1. The van der Waals surface area contributed by atoms with Gasteiger partial charge in [-0.25, -0.2) is 4.98 Å². The molecular formula is C20H21N5O5. The van der Waals surface area contributed by atoms with Crippen molar-refractivity contribution < 1.29 is 24.1 Å². The SMILES string of the molecule is NC1NC(=O)c2ncn(C3OC4(CO)C=CC5(OCc6ccccc6)OC3C45)c2N1. The van der Waals surface area contributed by atoms with E-state index in [9.17, 15) is 9.90 Å². The number of ether oxygens (including phenoxy) is 3. The van der Waals surface area contributed by atoms with Gasteiger partial charge in [-0.05, 0) is 17.7 Å². The summed E-state index contributed by atoms with van der Waals surface area (Å²) in [6, 6.07) is 9.82. The maximum absolute atomic E-state index is 12.2. The van der Waals surface area contributed by atoms with Gasteiger partial charge in [-0.2, -0.15) is 0 Å². The lowest BCUT2D eigenvalue weighted by molar-refractivity contribution is -0.358. The molecule has 0 saturated carbocycles. The van der Waals surface area contributed by atoms with Gasteiger partial charge in [-0.15, -0.1) is 0 Å². The summed E-state index contributed by atoms with van der Waals surface area (Å²) in [4.78, 5) is 16.3. The number of fused-ring (bicyclic) bond motifs is 1. The molecule has 2 saturated heterocycles. The number of amides is 1. The standard InChI is InChI=1S/C20H21N5O5/c21-18-23-15-12(16(27)24-18)22-10-25(15)17-13-14-19(9-26,30-17)6-7-20(14,29-13)28-8-11-4-2-1-3-5-11/h1-7,10,13-14,17-18,23,26H,8-9,21H2,(H,24,27). The maximum Gasteiger partial charge on any atom is 0.276 e. The average Bonchev–Trinajstić information content (AvgIpc) is 3.32. The Morgan fingerprint density at radius 1 is 1.23 bits per heavy atom. The van der Waals surface area contributed by atoms with E-state index in [0.717, 1.165) is 5.56 Å². The van der Waals surface area contributed by atoms with Gasteiger partial charge in [0.15, 0.2) is 24.0 Å². The molecule has 6 atom stereocenters. The number of benzene rings is 1. The van der Waals surface area contributed by atoms with E-state index in [1.165, 1.54) is 6.33 Å². The lowest BCUT2D eigenvalue weighted by Crippen LogP contribution is -2.63. The number of hydrogen-bond donors (Lipinski definition) is 4. The van der Waals surface area contributed by atoms with Crippen LogP contribution in [0.3, 0.4) is 0 Å². The summed E-state index contributed by atoms with van der Waals surface area (Å²) in [5.74, 6) is -1.09. The van der Waals surface area contributed by atoms with Gasteiger partial charge < -0.3 is 30.0 Å². The van der Waals surface area contributed by atoms with Crippen LogP contribution in [-0.4, -0.2) is 51.0 Å². The molecule has 156 valence electrons. The van der Waals surface area contributed by atoms with Crippen LogP contribution >= 0.6 is 0 Å². The Kier molecular flexibility index (Phi) is 3.68. The molecule has 5 N–H and O–H groups in total. The van der Waals surface area contributed by atoms with Gasteiger partial charge in [-0.1, -0.05) is 30.3 Å². The van der Waals surface area contributed by atoms with Gasteiger partial charge in [0.2, 0.25) is 0 Å². The third-order valence-corrected chi connectivity index (χ3v) is 6.24. The molecule has 30 heavy (non-hydrogen) atoms. The number of aromatic nitrogens is 2. The van der Waals surface area contributed by atoms with Crippen LogP contribution in [0.15, 0.2) is 48.8 Å². The molecular weight excluding hydrogens is 390 g/mol. The third kappa shape index (κ3) is 2.30. The van der Waals surface area contributed by atoms with E-state index >= 15 is 0 Å². The lowest BCUT2D eigenvalue weighted by atomic mass is 9.80. The number of hydrogen-bond acceptors (Lipinski definition) is 8. The summed E-state index contributed by atoms with van der Waals surface area (Å²) in [6.45, 7) is 0.156. The number of nitrogens with one attached hydrogen (secondary N) is 2. The molecule has 10 heteroatoms. The first-order valence-electron chi connectivity index (χ1n) is 9.80. The van der Waals surface area contributed by atoms with Crippen molar-refractivity contribution in [3.63, 3.8) is 0 Å². The fraction of sp³-hybridized carbons (Fsp3) is 0.400. The normalized spacial score (nSPS) is 37.9. The van der Waals surface area contributed by atoms with Gasteiger partial charge in [0, 0.05) is 0 Å². The van der Waals surface area contributed by atoms with Crippen molar-refractivity contribution in [2.45, 2.75) is 36.6 Å². The summed E-state index contributed by atoms with van der Waals surface area (Å²) in [6.07, 6.45) is 3.45. The third-order valence-electron chi connectivity index (χ3n) is 6.24. The van der Waals surface area contributed by atoms with Crippen LogP contribution < -0.4 is 16.4 Å². The summed E-state index contributed by atoms with van der Waals surface area (Å²) in [7, 11) is 0. The Balaban J connectivity index is 1.29. The van der Waals surface area contributed by atoms with Gasteiger partial charge in [-0.3, -0.25) is 15.1 Å². The predicted octanol–water partition coefficient (Wildman–Crippen LogP) is 0.0385. The molecule has 4 aliphatic rings. The van der Waals surface area contributed by atoms with Crippen LogP contribution in [0.5, 0.6) is 0 Å². The van der Waals surface area contributed by atoms with Crippen LogP contribution in [-0.2, 0) is 20.8 Å². The number of aliphatic hydroxyl groups excluding tert-OH is 1. The Labute approximate surface area is 171 Å². The highest BCUT2D eigenvalue weighted by atomic mass is 16.7. The van der Waals surface area contributed by atoms with E-state index in [4.69, 9.17) is 19.9 Å². The predicted molar refractivity (Wildman–Crippen MR) is 103 cm³/mol. The topological polar surface area (TPSA) is 133 Å². The number of imidazole rings is 1. The highest BCUT2D eigenvalue weighted by molar-refractivity contribution is 5.99. The van der Waals surface area contributed by atoms with Crippen molar-refractivity contribution in [1.29, 1.82) is 0 Å². The molecule has 3 aliphatic heterocycles. The zero-order valence-electron chi connectivity index (χ0n) is 15.9. The molecule has 6 unspecified atom stereocenters. The quantitative estimate of drug-likeness (QED) is 0.507. The Hall–Kier alpha value is -2.76. The van der Waals surface area contributed by atoms with Crippen molar-refractivity contribution in [1.82, 2.24) is 14.9 Å². The van der Waals surface area contributed by atoms with Crippen molar-refractivity contribution in [2.24, 2.45) is 11.7 Å². The van der Waals surface area contributed by atoms with Crippen LogP contribution in [0.2, 0.25) is 0 Å². The number of anilines is 1. The van der Waals surface area contributed by atoms with Gasteiger partial charge in [0.25, 0.3) is 5.91 Å². The monoisotopic (exact) mass is 411 g/mol. The van der Waals surface area contributed by atoms with E-state index in [2.05, 4.69) is 15.6 Å². The van der Waals surface area contributed by atoms with Crippen LogP contribution in [0.1, 0.15) is 22.3 Å². The van der Waals surface area contributed by atoms with Crippen molar-refractivity contribution in [3.8, 4) is 0 Å². The van der Waals surface area contributed by atoms with Gasteiger partial charge >= 0.3 is 0 Å².